The van der Waals surface area contributed by atoms with Gasteiger partial charge in [-0.05, 0) is 108 Å². The van der Waals surface area contributed by atoms with Crippen LogP contribution in [0.25, 0.3) is 0 Å². The molecule has 0 radical (unpaired) electrons. The smallest absolute Gasteiger partial charge is 0.407 e. The minimum absolute atomic E-state index is 0.333. The van der Waals surface area contributed by atoms with E-state index in [-0.39, 0.29) is 6.09 Å². The van der Waals surface area contributed by atoms with Gasteiger partial charge in [-0.1, -0.05) is 74.4 Å². The topological polar surface area (TPSA) is 44.8 Å². The summed E-state index contributed by atoms with van der Waals surface area (Å²) in [6.07, 6.45) is 9.66. The average Bonchev–Trinajstić information content (AvgIpc) is 2.91. The van der Waals surface area contributed by atoms with Crippen molar-refractivity contribution in [2.75, 3.05) is 39.3 Å². The number of alkyl carbamates (subject to hydrolysis) is 1. The molecule has 0 aromatic heterocycles. The fraction of sp³-hybridized carbons (Fsp3) is 0.618. The second kappa shape index (κ2) is 16.7. The number of unbranched alkanes of at least 4 members (excludes halogenated alkanes) is 3. The molecule has 3 rings (SSSR count). The van der Waals surface area contributed by atoms with Gasteiger partial charge in [-0.3, -0.25) is 4.90 Å². The van der Waals surface area contributed by atoms with Gasteiger partial charge in [0.2, 0.25) is 0 Å². The molecule has 0 unspecified atom stereocenters. The van der Waals surface area contributed by atoms with Crippen molar-refractivity contribution in [3.8, 4) is 0 Å². The molecule has 0 spiro atoms. The molecule has 0 bridgehead atoms. The summed E-state index contributed by atoms with van der Waals surface area (Å²) in [7, 11) is 0. The summed E-state index contributed by atoms with van der Waals surface area (Å²) in [4.78, 5) is 17.3. The first-order chi connectivity index (χ1) is 18.8. The SMILES string of the molecule is CCc1ccccc1CN(CCCCCCN1CCC(Cc2ccccc2)CC1)CCNC(=O)OC(C)(C)C. The van der Waals surface area contributed by atoms with E-state index in [1.165, 1.54) is 81.3 Å². The van der Waals surface area contributed by atoms with Gasteiger partial charge in [0.25, 0.3) is 0 Å². The Kier molecular flexibility index (Phi) is 13.3. The number of nitrogens with one attached hydrogen (secondary N) is 1. The summed E-state index contributed by atoms with van der Waals surface area (Å²) in [5.74, 6) is 0.845. The van der Waals surface area contributed by atoms with Crippen LogP contribution in [0.1, 0.15) is 82.9 Å². The molecule has 2 aromatic rings. The summed E-state index contributed by atoms with van der Waals surface area (Å²) in [5, 5.41) is 2.94. The minimum Gasteiger partial charge on any atom is -0.444 e. The van der Waals surface area contributed by atoms with Gasteiger partial charge in [-0.15, -0.1) is 0 Å². The van der Waals surface area contributed by atoms with Gasteiger partial charge in [0.15, 0.2) is 0 Å². The first-order valence-corrected chi connectivity index (χ1v) is 15.3. The highest BCUT2D eigenvalue weighted by atomic mass is 16.6. The Morgan fingerprint density at radius 3 is 2.28 bits per heavy atom. The third-order valence-electron chi connectivity index (χ3n) is 7.76. The predicted molar refractivity (Wildman–Crippen MR) is 163 cm³/mol. The normalized spacial score (nSPS) is 15.0. The van der Waals surface area contributed by atoms with Gasteiger partial charge >= 0.3 is 6.09 Å². The molecule has 1 heterocycles. The zero-order valence-corrected chi connectivity index (χ0v) is 25.1. The zero-order chi connectivity index (χ0) is 27.9. The highest BCUT2D eigenvalue weighted by Gasteiger charge is 2.19. The van der Waals surface area contributed by atoms with Crippen LogP contribution in [0.2, 0.25) is 0 Å². The van der Waals surface area contributed by atoms with Crippen LogP contribution < -0.4 is 5.32 Å². The Balaban J connectivity index is 1.34. The van der Waals surface area contributed by atoms with E-state index in [4.69, 9.17) is 4.74 Å². The second-order valence-electron chi connectivity index (χ2n) is 12.2. The molecule has 1 N–H and O–H groups in total. The van der Waals surface area contributed by atoms with Crippen molar-refractivity contribution < 1.29 is 9.53 Å². The van der Waals surface area contributed by atoms with Gasteiger partial charge in [0.05, 0.1) is 0 Å². The van der Waals surface area contributed by atoms with Gasteiger partial charge in [-0.25, -0.2) is 4.79 Å². The van der Waals surface area contributed by atoms with Crippen LogP contribution in [0.15, 0.2) is 54.6 Å². The van der Waals surface area contributed by atoms with E-state index in [9.17, 15) is 4.79 Å². The van der Waals surface area contributed by atoms with Crippen LogP contribution >= 0.6 is 0 Å². The maximum atomic E-state index is 12.1. The van der Waals surface area contributed by atoms with Crippen molar-refractivity contribution in [2.45, 2.75) is 91.2 Å². The lowest BCUT2D eigenvalue weighted by molar-refractivity contribution is 0.0521. The van der Waals surface area contributed by atoms with E-state index >= 15 is 0 Å². The van der Waals surface area contributed by atoms with Crippen LogP contribution in [-0.2, 0) is 24.1 Å². The number of piperidine rings is 1. The molecule has 1 aliphatic heterocycles. The first-order valence-electron chi connectivity index (χ1n) is 15.3. The number of hydrogen-bond donors (Lipinski definition) is 1. The number of carbonyl (C=O) groups excluding carboxylic acids is 1. The van der Waals surface area contributed by atoms with Crippen molar-refractivity contribution in [1.82, 2.24) is 15.1 Å². The van der Waals surface area contributed by atoms with Crippen LogP contribution in [0.4, 0.5) is 4.79 Å². The number of rotatable bonds is 15. The van der Waals surface area contributed by atoms with Crippen molar-refractivity contribution in [3.05, 3.63) is 71.3 Å². The summed E-state index contributed by atoms with van der Waals surface area (Å²) < 4.78 is 5.41. The van der Waals surface area contributed by atoms with E-state index in [2.05, 4.69) is 76.6 Å². The average molecular weight is 536 g/mol. The maximum Gasteiger partial charge on any atom is 0.407 e. The minimum atomic E-state index is -0.470. The quantitative estimate of drug-likeness (QED) is 0.247. The largest absolute Gasteiger partial charge is 0.444 e. The third kappa shape index (κ3) is 12.6. The molecule has 1 aliphatic rings. The number of benzene rings is 2. The molecule has 39 heavy (non-hydrogen) atoms. The van der Waals surface area contributed by atoms with Crippen LogP contribution in [0, 0.1) is 5.92 Å². The van der Waals surface area contributed by atoms with E-state index < -0.39 is 5.60 Å². The lowest BCUT2D eigenvalue weighted by Gasteiger charge is -2.32. The number of nitrogens with zero attached hydrogens (tertiary/aromatic N) is 2. The number of ether oxygens (including phenoxy) is 1. The molecular weight excluding hydrogens is 482 g/mol. The molecule has 5 nitrogen and oxygen atoms in total. The van der Waals surface area contributed by atoms with Gasteiger partial charge in [0, 0.05) is 19.6 Å². The van der Waals surface area contributed by atoms with Crippen LogP contribution in [-0.4, -0.2) is 60.8 Å². The van der Waals surface area contributed by atoms with E-state index in [1.54, 1.807) is 0 Å². The molecule has 216 valence electrons. The fourth-order valence-corrected chi connectivity index (χ4v) is 5.58. The van der Waals surface area contributed by atoms with Crippen molar-refractivity contribution >= 4 is 6.09 Å². The molecule has 1 amide bonds. The van der Waals surface area contributed by atoms with Gasteiger partial charge in [0.1, 0.15) is 5.60 Å². The van der Waals surface area contributed by atoms with Crippen molar-refractivity contribution in [1.29, 1.82) is 0 Å². The zero-order valence-electron chi connectivity index (χ0n) is 25.1. The summed E-state index contributed by atoms with van der Waals surface area (Å²) in [6.45, 7) is 15.1. The third-order valence-corrected chi connectivity index (χ3v) is 7.76. The standard InChI is InChI=1S/C34H53N3O2/c1-5-31-17-11-12-18-32(31)28-37(26-21-35-33(38)39-34(2,3)4)23-14-7-6-13-22-36-24-19-30(20-25-36)27-29-15-9-8-10-16-29/h8-12,15-18,30H,5-7,13-14,19-28H2,1-4H3,(H,35,38). The molecule has 1 saturated heterocycles. The molecule has 0 saturated carbocycles. The summed E-state index contributed by atoms with van der Waals surface area (Å²) >= 11 is 0. The Hall–Kier alpha value is -2.37. The van der Waals surface area contributed by atoms with Crippen LogP contribution in [0.5, 0.6) is 0 Å². The molecule has 1 fully saturated rings. The Morgan fingerprint density at radius 1 is 0.923 bits per heavy atom. The monoisotopic (exact) mass is 535 g/mol. The Bertz CT molecular complexity index is 948. The molecule has 5 heteroatoms. The molecular formula is C34H53N3O2. The summed E-state index contributed by atoms with van der Waals surface area (Å²) in [6, 6.07) is 19.7. The van der Waals surface area contributed by atoms with E-state index in [1.807, 2.05) is 20.8 Å². The lowest BCUT2D eigenvalue weighted by atomic mass is 9.90. The van der Waals surface area contributed by atoms with E-state index in [0.717, 1.165) is 32.0 Å². The van der Waals surface area contributed by atoms with Crippen molar-refractivity contribution in [2.24, 2.45) is 5.92 Å². The fourth-order valence-electron chi connectivity index (χ4n) is 5.58. The molecule has 2 aromatic carbocycles. The Morgan fingerprint density at radius 2 is 1.59 bits per heavy atom. The number of amides is 1. The summed E-state index contributed by atoms with van der Waals surface area (Å²) in [5.41, 5.74) is 3.83. The number of hydrogen-bond acceptors (Lipinski definition) is 4. The first kappa shape index (κ1) is 31.2. The van der Waals surface area contributed by atoms with Gasteiger partial charge < -0.3 is 15.0 Å². The van der Waals surface area contributed by atoms with Crippen LogP contribution in [0.3, 0.4) is 0 Å². The highest BCUT2D eigenvalue weighted by molar-refractivity contribution is 5.67. The molecule has 0 aliphatic carbocycles. The Labute approximate surface area is 238 Å². The van der Waals surface area contributed by atoms with Crippen molar-refractivity contribution in [3.63, 3.8) is 0 Å². The second-order valence-corrected chi connectivity index (χ2v) is 12.2. The van der Waals surface area contributed by atoms with Gasteiger partial charge in [-0.2, -0.15) is 0 Å². The number of aryl methyl sites for hydroxylation is 1. The van der Waals surface area contributed by atoms with E-state index in [0.29, 0.717) is 6.54 Å². The molecule has 0 atom stereocenters. The number of likely N-dealkylation sites (tertiary alicyclic amines) is 1. The highest BCUT2D eigenvalue weighted by Crippen LogP contribution is 2.22. The maximum absolute atomic E-state index is 12.1. The number of carbonyl (C=O) groups is 1. The predicted octanol–water partition coefficient (Wildman–Crippen LogP) is 7.09. The lowest BCUT2D eigenvalue weighted by Crippen LogP contribution is -2.38.